The van der Waals surface area contributed by atoms with Gasteiger partial charge in [-0.05, 0) is 55.7 Å². The normalized spacial score (nSPS) is 15.5. The van der Waals surface area contributed by atoms with Crippen LogP contribution in [0.15, 0.2) is 65.1 Å². The predicted molar refractivity (Wildman–Crippen MR) is 146 cm³/mol. The zero-order valence-corrected chi connectivity index (χ0v) is 22.6. The van der Waals surface area contributed by atoms with Crippen LogP contribution in [0.1, 0.15) is 56.0 Å². The molecule has 1 heterocycles. The van der Waals surface area contributed by atoms with Crippen molar-refractivity contribution in [1.29, 1.82) is 0 Å². The first-order valence-electron chi connectivity index (χ1n) is 13.6. The summed E-state index contributed by atoms with van der Waals surface area (Å²) in [5.41, 5.74) is 0.879. The number of carbonyl (C=O) groups excluding carboxylic acids is 2. The van der Waals surface area contributed by atoms with Gasteiger partial charge >= 0.3 is 6.36 Å². The quantitative estimate of drug-likeness (QED) is 0.222. The lowest BCUT2D eigenvalue weighted by atomic mass is 9.84. The van der Waals surface area contributed by atoms with Crippen molar-refractivity contribution >= 4 is 17.5 Å². The van der Waals surface area contributed by atoms with E-state index in [-0.39, 0.29) is 29.9 Å². The molecular weight excluding hydrogens is 542 g/mol. The third-order valence-electron chi connectivity index (χ3n) is 6.92. The van der Waals surface area contributed by atoms with Gasteiger partial charge in [0.1, 0.15) is 23.4 Å². The van der Waals surface area contributed by atoms with Gasteiger partial charge in [-0.1, -0.05) is 50.3 Å². The Hall–Kier alpha value is -4.02. The number of hydrogen-bond donors (Lipinski definition) is 3. The molecule has 2 amide bonds. The van der Waals surface area contributed by atoms with Crippen molar-refractivity contribution in [3.63, 3.8) is 0 Å². The Morgan fingerprint density at radius 1 is 1.00 bits per heavy atom. The maximum absolute atomic E-state index is 13.6. The second-order valence-electron chi connectivity index (χ2n) is 10.3. The van der Waals surface area contributed by atoms with Gasteiger partial charge < -0.3 is 25.1 Å². The molecule has 0 radical (unpaired) electrons. The molecule has 220 valence electrons. The smallest absolute Gasteiger partial charge is 0.451 e. The van der Waals surface area contributed by atoms with Crippen molar-refractivity contribution in [2.75, 3.05) is 11.9 Å². The van der Waals surface area contributed by atoms with E-state index < -0.39 is 30.2 Å². The Morgan fingerprint density at radius 2 is 1.76 bits per heavy atom. The van der Waals surface area contributed by atoms with E-state index in [0.29, 0.717) is 23.4 Å². The number of halogens is 4. The van der Waals surface area contributed by atoms with Gasteiger partial charge in [0, 0.05) is 29.9 Å². The number of furan rings is 1. The molecule has 11 heteroatoms. The van der Waals surface area contributed by atoms with Gasteiger partial charge in [-0.3, -0.25) is 9.59 Å². The third-order valence-corrected chi connectivity index (χ3v) is 6.92. The monoisotopic (exact) mass is 575 g/mol. The van der Waals surface area contributed by atoms with Crippen LogP contribution >= 0.6 is 0 Å². The third kappa shape index (κ3) is 9.26. The van der Waals surface area contributed by atoms with Gasteiger partial charge in [0.2, 0.25) is 5.91 Å². The molecule has 3 N–H and O–H groups in total. The standard InChI is InChI=1S/C30H33F4N3O4/c1-19(18-35-23-11-6-12-24(17-23)41-30(32,33)34)36-28(38)25(15-20-7-3-2-4-8-20)37-29(39)27-14-13-26(40-27)21-9-5-10-22(31)16-21/h5-6,9-14,16-17,19-20,25,35H,2-4,7-8,15,18H2,1H3,(H,36,38)(H,37,39)/t19-,25-/m0/s1. The Bertz CT molecular complexity index is 1320. The summed E-state index contributed by atoms with van der Waals surface area (Å²) in [6, 6.07) is 13.1. The van der Waals surface area contributed by atoms with Crippen molar-refractivity contribution in [2.24, 2.45) is 5.92 Å². The molecule has 1 aromatic heterocycles. The number of hydrogen-bond acceptors (Lipinski definition) is 5. The molecule has 4 rings (SSSR count). The van der Waals surface area contributed by atoms with Gasteiger partial charge in [0.15, 0.2) is 5.76 Å². The lowest BCUT2D eigenvalue weighted by Crippen LogP contribution is -2.51. The van der Waals surface area contributed by atoms with Crippen molar-refractivity contribution in [3.8, 4) is 17.1 Å². The minimum absolute atomic E-state index is 0.00128. The second kappa shape index (κ2) is 13.6. The second-order valence-corrected chi connectivity index (χ2v) is 10.3. The first-order valence-corrected chi connectivity index (χ1v) is 13.6. The topological polar surface area (TPSA) is 92.6 Å². The van der Waals surface area contributed by atoms with Gasteiger partial charge in [-0.2, -0.15) is 0 Å². The van der Waals surface area contributed by atoms with E-state index in [0.717, 1.165) is 32.1 Å². The number of anilines is 1. The number of benzene rings is 2. The molecule has 0 spiro atoms. The summed E-state index contributed by atoms with van der Waals surface area (Å²) >= 11 is 0. The fraction of sp³-hybridized carbons (Fsp3) is 0.400. The van der Waals surface area contributed by atoms with E-state index in [2.05, 4.69) is 20.7 Å². The molecule has 3 aromatic rings. The lowest BCUT2D eigenvalue weighted by Gasteiger charge is -2.27. The number of rotatable bonds is 11. The van der Waals surface area contributed by atoms with Crippen molar-refractivity contribution in [1.82, 2.24) is 10.6 Å². The summed E-state index contributed by atoms with van der Waals surface area (Å²) < 4.78 is 60.8. The zero-order chi connectivity index (χ0) is 29.4. The Kier molecular flexibility index (Phi) is 9.91. The maximum Gasteiger partial charge on any atom is 0.573 e. The molecule has 2 aromatic carbocycles. The van der Waals surface area contributed by atoms with Gasteiger partial charge in [-0.15, -0.1) is 13.2 Å². The Balaban J connectivity index is 1.38. The summed E-state index contributed by atoms with van der Waals surface area (Å²) in [4.78, 5) is 26.4. The van der Waals surface area contributed by atoms with E-state index >= 15 is 0 Å². The van der Waals surface area contributed by atoms with Crippen molar-refractivity contribution in [2.45, 2.75) is 63.9 Å². The fourth-order valence-electron chi connectivity index (χ4n) is 4.94. The number of carbonyl (C=O) groups is 2. The van der Waals surface area contributed by atoms with Gasteiger partial charge in [0.05, 0.1) is 0 Å². The average molecular weight is 576 g/mol. The van der Waals surface area contributed by atoms with Crippen LogP contribution in [0.4, 0.5) is 23.2 Å². The average Bonchev–Trinajstić information content (AvgIpc) is 3.42. The lowest BCUT2D eigenvalue weighted by molar-refractivity contribution is -0.274. The number of nitrogens with one attached hydrogen (secondary N) is 3. The van der Waals surface area contributed by atoms with Crippen LogP contribution in [0.25, 0.3) is 11.3 Å². The van der Waals surface area contributed by atoms with Crippen LogP contribution in [-0.4, -0.2) is 36.8 Å². The van der Waals surface area contributed by atoms with E-state index in [1.807, 2.05) is 0 Å². The highest BCUT2D eigenvalue weighted by atomic mass is 19.4. The Morgan fingerprint density at radius 3 is 2.49 bits per heavy atom. The van der Waals surface area contributed by atoms with Crippen LogP contribution < -0.4 is 20.7 Å². The largest absolute Gasteiger partial charge is 0.573 e. The SMILES string of the molecule is C[C@@H](CNc1cccc(OC(F)(F)F)c1)NC(=O)[C@H](CC1CCCCC1)NC(=O)c1ccc(-c2cccc(F)c2)o1. The molecule has 0 unspecified atom stereocenters. The Labute approximate surface area is 235 Å². The van der Waals surface area contributed by atoms with Crippen LogP contribution in [0.2, 0.25) is 0 Å². The van der Waals surface area contributed by atoms with Gasteiger partial charge in [-0.25, -0.2) is 4.39 Å². The summed E-state index contributed by atoms with van der Waals surface area (Å²) in [7, 11) is 0. The molecule has 1 aliphatic rings. The van der Waals surface area contributed by atoms with Crippen LogP contribution in [0.5, 0.6) is 5.75 Å². The number of alkyl halides is 3. The number of amides is 2. The minimum Gasteiger partial charge on any atom is -0.451 e. The highest BCUT2D eigenvalue weighted by Crippen LogP contribution is 2.28. The minimum atomic E-state index is -4.80. The molecule has 1 fully saturated rings. The molecule has 1 aliphatic carbocycles. The van der Waals surface area contributed by atoms with E-state index in [1.54, 1.807) is 31.2 Å². The first kappa shape index (κ1) is 30.0. The molecule has 1 saturated carbocycles. The van der Waals surface area contributed by atoms with Crippen molar-refractivity contribution < 1.29 is 36.3 Å². The first-order chi connectivity index (χ1) is 19.6. The zero-order valence-electron chi connectivity index (χ0n) is 22.6. The van der Waals surface area contributed by atoms with Crippen LogP contribution in [0.3, 0.4) is 0 Å². The van der Waals surface area contributed by atoms with Crippen molar-refractivity contribution in [3.05, 3.63) is 72.2 Å². The van der Waals surface area contributed by atoms with E-state index in [9.17, 15) is 27.2 Å². The molecule has 0 bridgehead atoms. The molecule has 7 nitrogen and oxygen atoms in total. The predicted octanol–water partition coefficient (Wildman–Crippen LogP) is 6.67. The highest BCUT2D eigenvalue weighted by molar-refractivity contribution is 5.96. The highest BCUT2D eigenvalue weighted by Gasteiger charge is 2.31. The molecular formula is C30H33F4N3O4. The van der Waals surface area contributed by atoms with E-state index in [4.69, 9.17) is 4.42 Å². The summed E-state index contributed by atoms with van der Waals surface area (Å²) in [6.45, 7) is 1.97. The molecule has 0 saturated heterocycles. The summed E-state index contributed by atoms with van der Waals surface area (Å²) in [5.74, 6) is -1.11. The van der Waals surface area contributed by atoms with Crippen LogP contribution in [-0.2, 0) is 4.79 Å². The maximum atomic E-state index is 13.6. The molecule has 41 heavy (non-hydrogen) atoms. The molecule has 0 aliphatic heterocycles. The fourth-order valence-corrected chi connectivity index (χ4v) is 4.94. The molecule has 2 atom stereocenters. The summed E-state index contributed by atoms with van der Waals surface area (Å²) in [5, 5.41) is 8.68. The number of ether oxygens (including phenoxy) is 1. The summed E-state index contributed by atoms with van der Waals surface area (Å²) in [6.07, 6.45) is 0.890. The van der Waals surface area contributed by atoms with E-state index in [1.165, 1.54) is 36.4 Å². The van der Waals surface area contributed by atoms with Crippen LogP contribution in [0, 0.1) is 11.7 Å². The van der Waals surface area contributed by atoms with Gasteiger partial charge in [0.25, 0.3) is 5.91 Å².